The predicted molar refractivity (Wildman–Crippen MR) is 102 cm³/mol. The zero-order valence-electron chi connectivity index (χ0n) is 12.8. The van der Waals surface area contributed by atoms with E-state index in [4.69, 9.17) is 0 Å². The Bertz CT molecular complexity index is 727. The van der Waals surface area contributed by atoms with Crippen LogP contribution >= 0.6 is 23.9 Å². The number of halogens is 1. The molecule has 0 aliphatic heterocycles. The van der Waals surface area contributed by atoms with Crippen molar-refractivity contribution in [1.29, 1.82) is 0 Å². The van der Waals surface area contributed by atoms with Crippen molar-refractivity contribution in [1.82, 2.24) is 0 Å². The van der Waals surface area contributed by atoms with Crippen LogP contribution in [0.5, 0.6) is 0 Å². The molecule has 0 N–H and O–H groups in total. The van der Waals surface area contributed by atoms with Gasteiger partial charge in [-0.1, -0.05) is 76.6 Å². The molecule has 0 radical (unpaired) electrons. The van der Waals surface area contributed by atoms with Gasteiger partial charge in [0.1, 0.15) is 0 Å². The van der Waals surface area contributed by atoms with Crippen LogP contribution in [0.3, 0.4) is 0 Å². The molecule has 0 atom stereocenters. The number of aryl methyl sites for hydroxylation is 2. The lowest BCUT2D eigenvalue weighted by Gasteiger charge is -2.22. The predicted octanol–water partition coefficient (Wildman–Crippen LogP) is 4.82. The van der Waals surface area contributed by atoms with Crippen LogP contribution in [0.15, 0.2) is 77.3 Å². The molecule has 2 heteroatoms. The number of hydrogen-bond acceptors (Lipinski definition) is 0. The summed E-state index contributed by atoms with van der Waals surface area (Å²) in [6.45, 7) is 4.37. The van der Waals surface area contributed by atoms with Gasteiger partial charge < -0.3 is 0 Å². The van der Waals surface area contributed by atoms with Gasteiger partial charge in [-0.3, -0.25) is 0 Å². The van der Waals surface area contributed by atoms with E-state index in [0.29, 0.717) is 0 Å². The summed E-state index contributed by atoms with van der Waals surface area (Å²) >= 11 is 3.65. The minimum absolute atomic E-state index is 0.516. The molecule has 3 aromatic carbocycles. The molecule has 110 valence electrons. The van der Waals surface area contributed by atoms with Crippen LogP contribution in [0.1, 0.15) is 11.1 Å². The lowest BCUT2D eigenvalue weighted by molar-refractivity contribution is 1.39. The molecular weight excluding hydrogens is 351 g/mol. The lowest BCUT2D eigenvalue weighted by atomic mass is 10.2. The van der Waals surface area contributed by atoms with E-state index in [2.05, 4.69) is 103 Å². The molecule has 0 aromatic heterocycles. The summed E-state index contributed by atoms with van der Waals surface area (Å²) < 4.78 is 1.19. The Morgan fingerprint density at radius 3 is 1.68 bits per heavy atom. The molecule has 0 unspecified atom stereocenters. The third kappa shape index (κ3) is 3.16. The van der Waals surface area contributed by atoms with Gasteiger partial charge in [0.15, 0.2) is 0 Å². The summed E-state index contributed by atoms with van der Waals surface area (Å²) in [6, 6.07) is 26.3. The molecule has 0 aliphatic rings. The van der Waals surface area contributed by atoms with Crippen LogP contribution in [0.4, 0.5) is 0 Å². The summed E-state index contributed by atoms with van der Waals surface area (Å²) in [6.07, 6.45) is 0. The van der Waals surface area contributed by atoms with Gasteiger partial charge in [0.25, 0.3) is 0 Å². The lowest BCUT2D eigenvalue weighted by Crippen LogP contribution is -2.22. The summed E-state index contributed by atoms with van der Waals surface area (Å²) in [4.78, 5) is 0. The topological polar surface area (TPSA) is 0 Å². The maximum atomic E-state index is 3.65. The molecule has 0 saturated carbocycles. The average Bonchev–Trinajstić information content (AvgIpc) is 2.55. The summed E-state index contributed by atoms with van der Waals surface area (Å²) in [5.74, 6) is 0. The van der Waals surface area contributed by atoms with E-state index in [1.165, 1.54) is 31.5 Å². The van der Waals surface area contributed by atoms with E-state index in [1.807, 2.05) is 0 Å². The van der Waals surface area contributed by atoms with Gasteiger partial charge in [-0.25, -0.2) is 0 Å². The molecule has 3 aromatic rings. The molecule has 0 aliphatic carbocycles. The van der Waals surface area contributed by atoms with Crippen LogP contribution in [0.2, 0.25) is 0 Å². The maximum absolute atomic E-state index is 3.65. The maximum Gasteiger partial charge on any atom is 0.0207 e. The van der Waals surface area contributed by atoms with Crippen molar-refractivity contribution < 1.29 is 0 Å². The van der Waals surface area contributed by atoms with E-state index in [9.17, 15) is 0 Å². The highest BCUT2D eigenvalue weighted by molar-refractivity contribution is 9.10. The van der Waals surface area contributed by atoms with E-state index >= 15 is 0 Å². The van der Waals surface area contributed by atoms with Gasteiger partial charge in [-0.2, -0.15) is 0 Å². The van der Waals surface area contributed by atoms with E-state index < -0.39 is 7.92 Å². The minimum atomic E-state index is -0.516. The van der Waals surface area contributed by atoms with Crippen molar-refractivity contribution >= 4 is 39.8 Å². The normalized spacial score (nSPS) is 10.9. The summed E-state index contributed by atoms with van der Waals surface area (Å²) in [5.41, 5.74) is 2.64. The first kappa shape index (κ1) is 15.5. The smallest absolute Gasteiger partial charge is 0.0207 e. The zero-order valence-corrected chi connectivity index (χ0v) is 15.2. The molecule has 0 nitrogen and oxygen atoms in total. The molecule has 22 heavy (non-hydrogen) atoms. The largest absolute Gasteiger partial charge is 0.0622 e. The molecular formula is C20H18BrP. The molecule has 3 rings (SSSR count). The SMILES string of the molecule is Cc1cc(P(c2ccccc2)c2ccccc2)c(C)cc1Br. The summed E-state index contributed by atoms with van der Waals surface area (Å²) in [7, 11) is -0.516. The van der Waals surface area contributed by atoms with Crippen LogP contribution in [0, 0.1) is 13.8 Å². The van der Waals surface area contributed by atoms with Gasteiger partial charge in [0.05, 0.1) is 0 Å². The van der Waals surface area contributed by atoms with Crippen molar-refractivity contribution in [3.63, 3.8) is 0 Å². The Morgan fingerprint density at radius 2 is 1.18 bits per heavy atom. The number of benzene rings is 3. The van der Waals surface area contributed by atoms with Crippen LogP contribution in [0.25, 0.3) is 0 Å². The Labute approximate surface area is 142 Å². The fourth-order valence-corrected chi connectivity index (χ4v) is 5.58. The molecule has 0 fully saturated rings. The van der Waals surface area contributed by atoms with E-state index in [1.54, 1.807) is 0 Å². The van der Waals surface area contributed by atoms with Crippen LogP contribution in [-0.2, 0) is 0 Å². The molecule has 0 bridgehead atoms. The van der Waals surface area contributed by atoms with Gasteiger partial charge in [0.2, 0.25) is 0 Å². The van der Waals surface area contributed by atoms with Gasteiger partial charge in [-0.05, 0) is 60.9 Å². The third-order valence-electron chi connectivity index (χ3n) is 3.75. The Balaban J connectivity index is 2.21. The first-order valence-electron chi connectivity index (χ1n) is 7.34. The van der Waals surface area contributed by atoms with Gasteiger partial charge >= 0.3 is 0 Å². The molecule has 0 saturated heterocycles. The van der Waals surface area contributed by atoms with Crippen molar-refractivity contribution in [2.45, 2.75) is 13.8 Å². The fourth-order valence-electron chi connectivity index (χ4n) is 2.59. The monoisotopic (exact) mass is 368 g/mol. The highest BCUT2D eigenvalue weighted by Gasteiger charge is 2.18. The Hall–Kier alpha value is -1.43. The second kappa shape index (κ2) is 6.77. The first-order chi connectivity index (χ1) is 10.7. The molecule has 0 spiro atoms. The standard InChI is InChI=1S/C20H18BrP/c1-15-14-20(16(2)13-19(15)21)22(17-9-5-3-6-10-17)18-11-7-4-8-12-18/h3-14H,1-2H3. The number of hydrogen-bond donors (Lipinski definition) is 0. The van der Waals surface area contributed by atoms with Crippen molar-refractivity contribution in [2.24, 2.45) is 0 Å². The quantitative estimate of drug-likeness (QED) is 0.581. The second-order valence-electron chi connectivity index (χ2n) is 5.39. The van der Waals surface area contributed by atoms with E-state index in [-0.39, 0.29) is 0 Å². The molecule has 0 heterocycles. The average molecular weight is 369 g/mol. The van der Waals surface area contributed by atoms with Crippen molar-refractivity contribution in [2.75, 3.05) is 0 Å². The minimum Gasteiger partial charge on any atom is -0.0622 e. The van der Waals surface area contributed by atoms with Crippen LogP contribution in [-0.4, -0.2) is 0 Å². The van der Waals surface area contributed by atoms with Crippen molar-refractivity contribution in [3.05, 3.63) is 88.4 Å². The molecule has 0 amide bonds. The number of rotatable bonds is 3. The fraction of sp³-hybridized carbons (Fsp3) is 0.100. The zero-order chi connectivity index (χ0) is 15.5. The highest BCUT2D eigenvalue weighted by atomic mass is 79.9. The van der Waals surface area contributed by atoms with Gasteiger partial charge in [-0.15, -0.1) is 0 Å². The van der Waals surface area contributed by atoms with E-state index in [0.717, 1.165) is 0 Å². The first-order valence-corrected chi connectivity index (χ1v) is 9.47. The Morgan fingerprint density at radius 1 is 0.682 bits per heavy atom. The summed E-state index contributed by atoms with van der Waals surface area (Å²) in [5, 5.41) is 4.23. The second-order valence-corrected chi connectivity index (χ2v) is 8.43. The highest BCUT2D eigenvalue weighted by Crippen LogP contribution is 2.35. The van der Waals surface area contributed by atoms with Crippen LogP contribution < -0.4 is 15.9 Å². The third-order valence-corrected chi connectivity index (χ3v) is 7.19. The van der Waals surface area contributed by atoms with Crippen molar-refractivity contribution in [3.8, 4) is 0 Å². The van der Waals surface area contributed by atoms with Gasteiger partial charge in [0, 0.05) is 4.47 Å². The Kier molecular flexibility index (Phi) is 4.76.